The van der Waals surface area contributed by atoms with Gasteiger partial charge in [0.05, 0.1) is 5.56 Å². The van der Waals surface area contributed by atoms with Crippen molar-refractivity contribution in [2.75, 3.05) is 56.9 Å². The second-order valence-electron chi connectivity index (χ2n) is 12.0. The zero-order valence-corrected chi connectivity index (χ0v) is 24.7. The molecule has 1 atom stereocenters. The Morgan fingerprint density at radius 3 is 2.60 bits per heavy atom. The van der Waals surface area contributed by atoms with Crippen LogP contribution in [0.2, 0.25) is 0 Å². The summed E-state index contributed by atoms with van der Waals surface area (Å²) in [6, 6.07) is 15.5. The smallest absolute Gasteiger partial charge is 0.245 e. The lowest BCUT2D eigenvalue weighted by molar-refractivity contribution is -0.127. The number of rotatable bonds is 6. The van der Waals surface area contributed by atoms with Gasteiger partial charge in [-0.15, -0.1) is 0 Å². The lowest BCUT2D eigenvalue weighted by atomic mass is 10.0. The Morgan fingerprint density at radius 2 is 1.84 bits per heavy atom. The van der Waals surface area contributed by atoms with Crippen LogP contribution < -0.4 is 16.0 Å². The fourth-order valence-corrected chi connectivity index (χ4v) is 6.79. The number of imidazole rings is 1. The van der Waals surface area contributed by atoms with Crippen LogP contribution in [-0.2, 0) is 11.2 Å². The number of aryl methyl sites for hydroxylation is 1. The van der Waals surface area contributed by atoms with Crippen molar-refractivity contribution in [3.63, 3.8) is 0 Å². The van der Waals surface area contributed by atoms with Gasteiger partial charge in [-0.2, -0.15) is 0 Å². The van der Waals surface area contributed by atoms with Gasteiger partial charge in [0.1, 0.15) is 17.2 Å². The number of nitrogens with one attached hydrogen (secondary N) is 1. The molecular weight excluding hydrogens is 538 g/mol. The third-order valence-electron chi connectivity index (χ3n) is 9.28. The average Bonchev–Trinajstić information content (AvgIpc) is 3.62. The number of nitrogen functional groups attached to an aromatic ring is 1. The summed E-state index contributed by atoms with van der Waals surface area (Å²) in [5.74, 6) is 2.20. The molecule has 10 heteroatoms. The summed E-state index contributed by atoms with van der Waals surface area (Å²) in [4.78, 5) is 33.2. The first-order valence-electron chi connectivity index (χ1n) is 15.3. The highest BCUT2D eigenvalue weighted by Crippen LogP contribution is 2.37. The number of likely N-dealkylation sites (N-methyl/N-ethyl adjacent to an activating group) is 1. The van der Waals surface area contributed by atoms with Crippen LogP contribution in [0.5, 0.6) is 0 Å². The van der Waals surface area contributed by atoms with E-state index in [0.717, 1.165) is 99.0 Å². The summed E-state index contributed by atoms with van der Waals surface area (Å²) in [6.07, 6.45) is 7.11. The highest BCUT2D eigenvalue weighted by molar-refractivity contribution is 5.87. The number of piperazine rings is 1. The molecule has 7 rings (SSSR count). The maximum atomic E-state index is 12.0. The first-order chi connectivity index (χ1) is 21.0. The monoisotopic (exact) mass is 577 g/mol. The van der Waals surface area contributed by atoms with Crippen molar-refractivity contribution < 1.29 is 4.79 Å². The molecule has 3 aliphatic rings. The Kier molecular flexibility index (Phi) is 7.32. The summed E-state index contributed by atoms with van der Waals surface area (Å²) < 4.78 is 2.15. The van der Waals surface area contributed by atoms with Crippen LogP contribution >= 0.6 is 0 Å². The molecule has 0 saturated carbocycles. The van der Waals surface area contributed by atoms with E-state index in [1.54, 1.807) is 6.20 Å². The molecule has 43 heavy (non-hydrogen) atoms. The zero-order chi connectivity index (χ0) is 29.5. The van der Waals surface area contributed by atoms with Crippen molar-refractivity contribution in [1.29, 1.82) is 0 Å². The number of pyridine rings is 2. The van der Waals surface area contributed by atoms with Crippen molar-refractivity contribution in [2.45, 2.75) is 37.8 Å². The van der Waals surface area contributed by atoms with E-state index in [1.807, 2.05) is 17.0 Å². The SMILES string of the molecule is C=CC(=O)N1CCC(N[C@H]2CCc3cc(-n4c(-c5cccnc5N)nc5ccc(N6CCN(C)CC6)nc54)ccc32)CC1. The summed E-state index contributed by atoms with van der Waals surface area (Å²) in [7, 11) is 2.16. The second-order valence-corrected chi connectivity index (χ2v) is 12.0. The fraction of sp³-hybridized carbons (Fsp3) is 0.394. The minimum Gasteiger partial charge on any atom is -0.383 e. The van der Waals surface area contributed by atoms with Gasteiger partial charge in [-0.25, -0.2) is 15.0 Å². The van der Waals surface area contributed by atoms with Gasteiger partial charge in [0.2, 0.25) is 5.91 Å². The quantitative estimate of drug-likeness (QED) is 0.335. The minimum absolute atomic E-state index is 0.0294. The molecule has 2 saturated heterocycles. The molecule has 0 spiro atoms. The molecule has 4 aromatic rings. The van der Waals surface area contributed by atoms with Crippen molar-refractivity contribution in [3.8, 4) is 17.1 Å². The number of benzene rings is 1. The largest absolute Gasteiger partial charge is 0.383 e. The molecule has 1 amide bonds. The normalized spacial score (nSPS) is 19.6. The average molecular weight is 578 g/mol. The Hall–Kier alpha value is -4.28. The lowest BCUT2D eigenvalue weighted by Crippen LogP contribution is -2.45. The number of nitrogens with two attached hydrogens (primary N) is 1. The maximum absolute atomic E-state index is 12.0. The van der Waals surface area contributed by atoms with Gasteiger partial charge in [-0.1, -0.05) is 12.6 Å². The number of hydrogen-bond acceptors (Lipinski definition) is 8. The van der Waals surface area contributed by atoms with Crippen LogP contribution in [-0.4, -0.2) is 87.6 Å². The van der Waals surface area contributed by atoms with Crippen LogP contribution in [0.4, 0.5) is 11.6 Å². The van der Waals surface area contributed by atoms with Gasteiger partial charge in [0, 0.05) is 63.2 Å². The molecule has 0 unspecified atom stereocenters. The van der Waals surface area contributed by atoms with E-state index >= 15 is 0 Å². The highest BCUT2D eigenvalue weighted by atomic mass is 16.2. The van der Waals surface area contributed by atoms with Crippen LogP contribution in [0.3, 0.4) is 0 Å². The Balaban J connectivity index is 1.21. The topological polar surface area (TPSA) is 108 Å². The fourth-order valence-electron chi connectivity index (χ4n) is 6.79. The number of anilines is 2. The number of carbonyl (C=O) groups is 1. The van der Waals surface area contributed by atoms with Gasteiger partial charge in [0.15, 0.2) is 11.5 Å². The van der Waals surface area contributed by atoms with E-state index < -0.39 is 0 Å². The number of piperidine rings is 1. The van der Waals surface area contributed by atoms with Crippen LogP contribution in [0.1, 0.15) is 36.4 Å². The number of fused-ring (bicyclic) bond motifs is 2. The van der Waals surface area contributed by atoms with Crippen LogP contribution in [0.25, 0.3) is 28.2 Å². The molecule has 2 fully saturated rings. The Labute approximate surface area is 252 Å². The van der Waals surface area contributed by atoms with Gasteiger partial charge in [-0.3, -0.25) is 9.36 Å². The van der Waals surface area contributed by atoms with Gasteiger partial charge in [0.25, 0.3) is 0 Å². The summed E-state index contributed by atoms with van der Waals surface area (Å²) in [6.45, 7) is 9.11. The number of likely N-dealkylation sites (tertiary alicyclic amines) is 1. The van der Waals surface area contributed by atoms with Gasteiger partial charge >= 0.3 is 0 Å². The van der Waals surface area contributed by atoms with E-state index in [4.69, 9.17) is 15.7 Å². The number of amides is 1. The third kappa shape index (κ3) is 5.25. The number of carbonyl (C=O) groups excluding carboxylic acids is 1. The molecule has 222 valence electrons. The maximum Gasteiger partial charge on any atom is 0.245 e. The summed E-state index contributed by atoms with van der Waals surface area (Å²) in [5.41, 5.74) is 12.6. The highest BCUT2D eigenvalue weighted by Gasteiger charge is 2.29. The van der Waals surface area contributed by atoms with E-state index in [-0.39, 0.29) is 5.91 Å². The standard InChI is InChI=1S/C33H39N9O/c1-3-30(43)41-15-12-23(13-16-41)36-27-9-6-22-21-24(7-8-25(22)27)42-32(26-5-4-14-35-31(26)34)37-28-10-11-29(38-33(28)42)40-19-17-39(2)18-20-40/h3-5,7-8,10-11,14,21,23,27,36H,1,6,9,12-13,15-20H2,2H3,(H2,34,35)/t27-/m0/s1. The third-order valence-corrected chi connectivity index (χ3v) is 9.28. The molecule has 10 nitrogen and oxygen atoms in total. The molecule has 3 N–H and O–H groups in total. The van der Waals surface area contributed by atoms with E-state index in [0.29, 0.717) is 17.9 Å². The molecule has 0 bridgehead atoms. The second kappa shape index (κ2) is 11.4. The molecule has 1 aliphatic carbocycles. The summed E-state index contributed by atoms with van der Waals surface area (Å²) >= 11 is 0. The molecule has 0 radical (unpaired) electrons. The molecule has 1 aromatic carbocycles. The first kappa shape index (κ1) is 27.5. The predicted octanol–water partition coefficient (Wildman–Crippen LogP) is 3.57. The Morgan fingerprint density at radius 1 is 1.02 bits per heavy atom. The van der Waals surface area contributed by atoms with E-state index in [1.165, 1.54) is 17.2 Å². The van der Waals surface area contributed by atoms with E-state index in [9.17, 15) is 4.79 Å². The zero-order valence-electron chi connectivity index (χ0n) is 24.7. The van der Waals surface area contributed by atoms with Crippen molar-refractivity contribution in [2.24, 2.45) is 0 Å². The Bertz CT molecular complexity index is 1660. The first-order valence-corrected chi connectivity index (χ1v) is 15.3. The van der Waals surface area contributed by atoms with Crippen molar-refractivity contribution in [3.05, 3.63) is 72.4 Å². The predicted molar refractivity (Wildman–Crippen MR) is 170 cm³/mol. The van der Waals surface area contributed by atoms with Gasteiger partial charge in [-0.05, 0) is 86.3 Å². The number of aromatic nitrogens is 4. The van der Waals surface area contributed by atoms with E-state index in [2.05, 4.69) is 68.6 Å². The molecule has 5 heterocycles. The van der Waals surface area contributed by atoms with Crippen molar-refractivity contribution in [1.82, 2.24) is 34.6 Å². The van der Waals surface area contributed by atoms with Crippen LogP contribution in [0, 0.1) is 0 Å². The van der Waals surface area contributed by atoms with Crippen LogP contribution in [0.15, 0.2) is 61.3 Å². The molecule has 3 aromatic heterocycles. The number of hydrogen-bond donors (Lipinski definition) is 2. The summed E-state index contributed by atoms with van der Waals surface area (Å²) in [5, 5.41) is 3.90. The number of nitrogens with zero attached hydrogens (tertiary/aromatic N) is 7. The molecular formula is C33H39N9O. The lowest BCUT2D eigenvalue weighted by Gasteiger charge is -2.33. The van der Waals surface area contributed by atoms with Crippen molar-refractivity contribution >= 4 is 28.7 Å². The van der Waals surface area contributed by atoms with Gasteiger partial charge < -0.3 is 25.8 Å². The molecule has 2 aliphatic heterocycles. The minimum atomic E-state index is 0.0294.